The van der Waals surface area contributed by atoms with Gasteiger partial charge in [0.1, 0.15) is 11.0 Å². The van der Waals surface area contributed by atoms with Gasteiger partial charge in [0.15, 0.2) is 16.4 Å². The molecule has 1 aliphatic rings. The van der Waals surface area contributed by atoms with Crippen molar-refractivity contribution in [2.45, 2.75) is 24.5 Å². The highest BCUT2D eigenvalue weighted by Gasteiger charge is 2.34. The Balaban J connectivity index is 2.05. The molecule has 1 fully saturated rings. The van der Waals surface area contributed by atoms with Crippen molar-refractivity contribution in [2.24, 2.45) is 0 Å². The Hall–Kier alpha value is -2.09. The first-order valence-corrected chi connectivity index (χ1v) is 8.57. The van der Waals surface area contributed by atoms with Crippen LogP contribution in [0.3, 0.4) is 0 Å². The molecule has 0 aliphatic carbocycles. The van der Waals surface area contributed by atoms with Crippen molar-refractivity contribution in [3.05, 3.63) is 24.3 Å². The first-order valence-electron chi connectivity index (χ1n) is 6.85. The average Bonchev–Trinajstić information content (AvgIpc) is 2.45. The minimum absolute atomic E-state index is 0.0346. The second-order valence-electron chi connectivity index (χ2n) is 5.05. The molecular weight excluding hydrogens is 310 g/mol. The molecule has 0 bridgehead atoms. The van der Waals surface area contributed by atoms with E-state index in [1.807, 2.05) is 0 Å². The summed E-state index contributed by atoms with van der Waals surface area (Å²) in [7, 11) is -3.40. The lowest BCUT2D eigenvalue weighted by atomic mass is 10.2. The monoisotopic (exact) mass is 327 g/mol. The molecule has 1 aromatic carbocycles. The predicted molar refractivity (Wildman–Crippen MR) is 79.6 cm³/mol. The third-order valence-electron chi connectivity index (χ3n) is 3.33. The maximum Gasteiger partial charge on any atom is 0.341 e. The van der Waals surface area contributed by atoms with Crippen molar-refractivity contribution < 1.29 is 27.9 Å². The van der Waals surface area contributed by atoms with E-state index in [1.54, 1.807) is 18.2 Å². The number of carbonyl (C=O) groups excluding carboxylic acids is 1. The number of rotatable bonds is 5. The SMILES string of the molecule is O=C(O)COc1cccc(NC(=O)C2CCCCS2(=O)=O)c1. The molecule has 0 saturated carbocycles. The van der Waals surface area contributed by atoms with Gasteiger partial charge in [0.05, 0.1) is 5.75 Å². The summed E-state index contributed by atoms with van der Waals surface area (Å²) in [6, 6.07) is 6.18. The molecule has 0 radical (unpaired) electrons. The molecular formula is C14H17NO6S. The summed E-state index contributed by atoms with van der Waals surface area (Å²) in [6.45, 7) is -0.492. The molecule has 120 valence electrons. The Labute approximate surface area is 128 Å². The lowest BCUT2D eigenvalue weighted by molar-refractivity contribution is -0.139. The lowest BCUT2D eigenvalue weighted by Gasteiger charge is -2.21. The largest absolute Gasteiger partial charge is 0.482 e. The highest BCUT2D eigenvalue weighted by molar-refractivity contribution is 7.92. The number of sulfone groups is 1. The number of aliphatic carboxylic acids is 1. The van der Waals surface area contributed by atoms with Crippen molar-refractivity contribution >= 4 is 27.4 Å². The molecule has 1 atom stereocenters. The molecule has 1 aliphatic heterocycles. The molecule has 7 nitrogen and oxygen atoms in total. The van der Waals surface area contributed by atoms with E-state index in [4.69, 9.17) is 9.84 Å². The molecule has 1 aromatic rings. The Morgan fingerprint density at radius 1 is 1.32 bits per heavy atom. The average molecular weight is 327 g/mol. The van der Waals surface area contributed by atoms with Gasteiger partial charge in [-0.05, 0) is 25.0 Å². The van der Waals surface area contributed by atoms with Gasteiger partial charge < -0.3 is 15.2 Å². The van der Waals surface area contributed by atoms with Gasteiger partial charge in [-0.2, -0.15) is 0 Å². The van der Waals surface area contributed by atoms with E-state index in [0.717, 1.165) is 0 Å². The van der Waals surface area contributed by atoms with Gasteiger partial charge in [-0.1, -0.05) is 12.5 Å². The number of nitrogens with one attached hydrogen (secondary N) is 1. The minimum Gasteiger partial charge on any atom is -0.482 e. The zero-order valence-electron chi connectivity index (χ0n) is 11.8. The van der Waals surface area contributed by atoms with Crippen LogP contribution in [0.2, 0.25) is 0 Å². The van der Waals surface area contributed by atoms with E-state index in [2.05, 4.69) is 5.32 Å². The Morgan fingerprint density at radius 3 is 2.77 bits per heavy atom. The molecule has 8 heteroatoms. The van der Waals surface area contributed by atoms with Crippen LogP contribution in [-0.4, -0.2) is 43.0 Å². The van der Waals surface area contributed by atoms with E-state index >= 15 is 0 Å². The second-order valence-corrected chi connectivity index (χ2v) is 7.35. The van der Waals surface area contributed by atoms with Gasteiger partial charge in [0, 0.05) is 11.8 Å². The summed E-state index contributed by atoms with van der Waals surface area (Å²) in [5.41, 5.74) is 0.369. The summed E-state index contributed by atoms with van der Waals surface area (Å²) in [5.74, 6) is -1.35. The van der Waals surface area contributed by atoms with Crippen molar-refractivity contribution in [3.63, 3.8) is 0 Å². The Kier molecular flexibility index (Phi) is 5.02. The Morgan fingerprint density at radius 2 is 2.09 bits per heavy atom. The second kappa shape index (κ2) is 6.78. The third-order valence-corrected chi connectivity index (χ3v) is 5.51. The molecule has 2 rings (SSSR count). The van der Waals surface area contributed by atoms with Crippen LogP contribution in [-0.2, 0) is 19.4 Å². The fourth-order valence-electron chi connectivity index (χ4n) is 2.28. The highest BCUT2D eigenvalue weighted by atomic mass is 32.2. The van der Waals surface area contributed by atoms with Gasteiger partial charge in [0.2, 0.25) is 5.91 Å². The number of anilines is 1. The predicted octanol–water partition coefficient (Wildman–Crippen LogP) is 1.06. The van der Waals surface area contributed by atoms with Crippen LogP contribution >= 0.6 is 0 Å². The quantitative estimate of drug-likeness (QED) is 0.836. The summed E-state index contributed by atoms with van der Waals surface area (Å²) in [6.07, 6.45) is 1.62. The summed E-state index contributed by atoms with van der Waals surface area (Å²) in [4.78, 5) is 22.6. The fourth-order valence-corrected chi connectivity index (χ4v) is 4.08. The van der Waals surface area contributed by atoms with Crippen LogP contribution < -0.4 is 10.1 Å². The number of carboxylic acids is 1. The van der Waals surface area contributed by atoms with Gasteiger partial charge >= 0.3 is 5.97 Å². The van der Waals surface area contributed by atoms with Crippen LogP contribution in [0.5, 0.6) is 5.75 Å². The van der Waals surface area contributed by atoms with E-state index in [1.165, 1.54) is 6.07 Å². The van der Waals surface area contributed by atoms with E-state index < -0.39 is 33.6 Å². The first kappa shape index (κ1) is 16.3. The number of amides is 1. The van der Waals surface area contributed by atoms with Crippen LogP contribution in [0.15, 0.2) is 24.3 Å². The van der Waals surface area contributed by atoms with Crippen molar-refractivity contribution in [1.82, 2.24) is 0 Å². The van der Waals surface area contributed by atoms with Crippen LogP contribution in [0.4, 0.5) is 5.69 Å². The zero-order chi connectivity index (χ0) is 16.2. The van der Waals surface area contributed by atoms with Crippen LogP contribution in [0.1, 0.15) is 19.3 Å². The molecule has 1 heterocycles. The maximum absolute atomic E-state index is 12.1. The van der Waals surface area contributed by atoms with Gasteiger partial charge in [0.25, 0.3) is 0 Å². The molecule has 0 spiro atoms. The van der Waals surface area contributed by atoms with Gasteiger partial charge in [-0.25, -0.2) is 13.2 Å². The van der Waals surface area contributed by atoms with E-state index in [9.17, 15) is 18.0 Å². The maximum atomic E-state index is 12.1. The zero-order valence-corrected chi connectivity index (χ0v) is 12.6. The van der Waals surface area contributed by atoms with Crippen LogP contribution in [0, 0.1) is 0 Å². The van der Waals surface area contributed by atoms with E-state index in [0.29, 0.717) is 24.9 Å². The number of ether oxygens (including phenoxy) is 1. The fraction of sp³-hybridized carbons (Fsp3) is 0.429. The summed E-state index contributed by atoms with van der Waals surface area (Å²) >= 11 is 0. The Bertz CT molecular complexity index is 670. The van der Waals surface area contributed by atoms with Gasteiger partial charge in [-0.15, -0.1) is 0 Å². The third kappa shape index (κ3) is 4.20. The molecule has 1 amide bonds. The molecule has 1 saturated heterocycles. The number of carbonyl (C=O) groups is 2. The molecule has 0 aromatic heterocycles. The number of hydrogen-bond acceptors (Lipinski definition) is 5. The minimum atomic E-state index is -3.40. The standard InChI is InChI=1S/C14H17NO6S/c16-13(17)9-21-11-5-3-4-10(8-11)15-14(18)12-6-1-2-7-22(12,19)20/h3-5,8,12H,1-2,6-7,9H2,(H,15,18)(H,16,17). The highest BCUT2D eigenvalue weighted by Crippen LogP contribution is 2.22. The number of carboxylic acid groups (broad SMARTS) is 1. The van der Waals surface area contributed by atoms with E-state index in [-0.39, 0.29) is 11.5 Å². The molecule has 2 N–H and O–H groups in total. The van der Waals surface area contributed by atoms with Crippen molar-refractivity contribution in [2.75, 3.05) is 17.7 Å². The molecule has 1 unspecified atom stereocenters. The van der Waals surface area contributed by atoms with Crippen molar-refractivity contribution in [1.29, 1.82) is 0 Å². The number of benzene rings is 1. The molecule has 22 heavy (non-hydrogen) atoms. The normalized spacial score (nSPS) is 20.1. The van der Waals surface area contributed by atoms with Gasteiger partial charge in [-0.3, -0.25) is 4.79 Å². The summed E-state index contributed by atoms with van der Waals surface area (Å²) < 4.78 is 28.8. The lowest BCUT2D eigenvalue weighted by Crippen LogP contribution is -2.39. The smallest absolute Gasteiger partial charge is 0.341 e. The first-order chi connectivity index (χ1) is 10.4. The summed E-state index contributed by atoms with van der Waals surface area (Å²) in [5, 5.41) is 10.1. The van der Waals surface area contributed by atoms with Crippen LogP contribution in [0.25, 0.3) is 0 Å². The van der Waals surface area contributed by atoms with Crippen molar-refractivity contribution in [3.8, 4) is 5.75 Å². The number of hydrogen-bond donors (Lipinski definition) is 2. The topological polar surface area (TPSA) is 110 Å².